The molecule has 276 valence electrons. The van der Waals surface area contributed by atoms with Gasteiger partial charge in [0, 0.05) is 16.5 Å². The lowest BCUT2D eigenvalue weighted by Crippen LogP contribution is -2.65. The Morgan fingerprint density at radius 2 is 0.746 bits per heavy atom. The number of nitrogens with zero attached hydrogens (tertiary/aromatic N) is 3. The lowest BCUT2D eigenvalue weighted by atomic mass is 9.33. The summed E-state index contributed by atoms with van der Waals surface area (Å²) in [6.07, 6.45) is 0. The van der Waals surface area contributed by atoms with E-state index in [0.717, 1.165) is 50.2 Å². The van der Waals surface area contributed by atoms with E-state index in [1.165, 1.54) is 54.5 Å². The standard InChI is InChI=1S/C53H37B2N3O/c1-34-28-30-38-16-5-9-22-42(38)50(34)54-32-48-56(46-26-11-18-36-14-3-7-20-40(36)46)53(59)57(47-27-12-19-37-15-4-8-21-41(37)47)49-33-55(45-25-13-24-44(54)52(45)58(48)49)51-35(2)29-31-39-17-6-10-23-43(39)51/h3-33H,1-2H3. The molecule has 12 rings (SSSR count). The van der Waals surface area contributed by atoms with Gasteiger partial charge in [0.25, 0.3) is 0 Å². The Hall–Kier alpha value is -7.30. The van der Waals surface area contributed by atoms with Crippen molar-refractivity contribution in [1.29, 1.82) is 0 Å². The maximum atomic E-state index is 16.2. The van der Waals surface area contributed by atoms with E-state index in [0.29, 0.717) is 0 Å². The van der Waals surface area contributed by atoms with Crippen molar-refractivity contribution in [1.82, 2.24) is 0 Å². The van der Waals surface area contributed by atoms with Crippen molar-refractivity contribution in [3.05, 3.63) is 211 Å². The van der Waals surface area contributed by atoms with Crippen molar-refractivity contribution < 1.29 is 4.79 Å². The van der Waals surface area contributed by atoms with E-state index in [-0.39, 0.29) is 19.5 Å². The molecule has 3 aliphatic heterocycles. The normalized spacial score (nSPS) is 14.7. The second-order valence-corrected chi connectivity index (χ2v) is 16.1. The highest BCUT2D eigenvalue weighted by molar-refractivity contribution is 6.96. The molecule has 9 aromatic rings. The van der Waals surface area contributed by atoms with Crippen LogP contribution in [0.1, 0.15) is 11.1 Å². The predicted molar refractivity (Wildman–Crippen MR) is 251 cm³/mol. The van der Waals surface area contributed by atoms with Gasteiger partial charge >= 0.3 is 6.03 Å². The number of anilines is 3. The molecule has 4 nitrogen and oxygen atoms in total. The summed E-state index contributed by atoms with van der Waals surface area (Å²) in [4.78, 5) is 22.5. The maximum Gasteiger partial charge on any atom is 0.340 e. The van der Waals surface area contributed by atoms with Gasteiger partial charge in [-0.25, -0.2) is 14.6 Å². The first-order chi connectivity index (χ1) is 29.0. The molecular formula is C53H37B2N3O. The number of benzene rings is 9. The van der Waals surface area contributed by atoms with Crippen LogP contribution in [-0.4, -0.2) is 19.5 Å². The third kappa shape index (κ3) is 4.90. The van der Waals surface area contributed by atoms with Crippen LogP contribution in [0.3, 0.4) is 0 Å². The average molecular weight is 754 g/mol. The van der Waals surface area contributed by atoms with Gasteiger partial charge in [-0.15, -0.1) is 0 Å². The van der Waals surface area contributed by atoms with E-state index in [1.807, 2.05) is 9.80 Å². The third-order valence-corrected chi connectivity index (χ3v) is 12.9. The molecule has 1 fully saturated rings. The lowest BCUT2D eigenvalue weighted by molar-refractivity contribution is 0.253. The van der Waals surface area contributed by atoms with Crippen molar-refractivity contribution in [2.45, 2.75) is 13.8 Å². The topological polar surface area (TPSA) is 26.8 Å². The molecule has 0 radical (unpaired) electrons. The second-order valence-electron chi connectivity index (χ2n) is 16.1. The van der Waals surface area contributed by atoms with Crippen LogP contribution in [0.15, 0.2) is 200 Å². The summed E-state index contributed by atoms with van der Waals surface area (Å²) >= 11 is 0. The van der Waals surface area contributed by atoms with Gasteiger partial charge < -0.3 is 0 Å². The molecule has 59 heavy (non-hydrogen) atoms. The molecule has 6 heteroatoms. The summed E-state index contributed by atoms with van der Waals surface area (Å²) in [7, 11) is 0. The Bertz CT molecular complexity index is 3110. The fraction of sp³-hybridized carbons (Fsp3) is 0.0377. The number of carbonyl (C=O) groups is 1. The SMILES string of the molecule is Cc1ccc2ccccc2c1B1C=C2N3C(=CB(c4c(C)ccc5ccccc45)c4cccc1c43)N(c1cccc3ccccc13)C(=O)N2c1cccc2ccccc12. The molecule has 0 spiro atoms. The minimum absolute atomic E-state index is 0.115. The van der Waals surface area contributed by atoms with Crippen molar-refractivity contribution >= 4 is 101 Å². The van der Waals surface area contributed by atoms with Crippen LogP contribution in [-0.2, 0) is 0 Å². The van der Waals surface area contributed by atoms with E-state index in [4.69, 9.17) is 0 Å². The van der Waals surface area contributed by atoms with Gasteiger partial charge in [0.2, 0.25) is 13.4 Å². The molecule has 1 saturated heterocycles. The van der Waals surface area contributed by atoms with Crippen LogP contribution >= 0.6 is 0 Å². The van der Waals surface area contributed by atoms with Gasteiger partial charge in [0.1, 0.15) is 11.6 Å². The number of hydrogen-bond acceptors (Lipinski definition) is 2. The van der Waals surface area contributed by atoms with Crippen molar-refractivity contribution in [2.24, 2.45) is 0 Å². The quantitative estimate of drug-likeness (QED) is 0.168. The summed E-state index contributed by atoms with van der Waals surface area (Å²) in [5.41, 5.74) is 10.3. The fourth-order valence-corrected chi connectivity index (χ4v) is 10.3. The smallest absolute Gasteiger partial charge is 0.284 e. The van der Waals surface area contributed by atoms with Crippen LogP contribution in [0.5, 0.6) is 0 Å². The van der Waals surface area contributed by atoms with Crippen LogP contribution in [0.25, 0.3) is 43.1 Å². The van der Waals surface area contributed by atoms with Gasteiger partial charge in [-0.1, -0.05) is 198 Å². The number of para-hydroxylation sites is 1. The van der Waals surface area contributed by atoms with Crippen LogP contribution in [0.2, 0.25) is 0 Å². The molecule has 2 amide bonds. The van der Waals surface area contributed by atoms with Crippen LogP contribution < -0.4 is 36.6 Å². The molecular weight excluding hydrogens is 716 g/mol. The van der Waals surface area contributed by atoms with Crippen molar-refractivity contribution in [3.63, 3.8) is 0 Å². The van der Waals surface area contributed by atoms with E-state index >= 15 is 4.79 Å². The number of carbonyl (C=O) groups excluding carboxylic acids is 1. The number of hydrogen-bond donors (Lipinski definition) is 0. The van der Waals surface area contributed by atoms with Crippen LogP contribution in [0.4, 0.5) is 21.9 Å². The van der Waals surface area contributed by atoms with Gasteiger partial charge in [-0.2, -0.15) is 0 Å². The Kier molecular flexibility index (Phi) is 7.37. The Balaban J connectivity index is 1.22. The van der Waals surface area contributed by atoms with E-state index in [1.54, 1.807) is 0 Å². The number of aryl methyl sites for hydroxylation is 2. The van der Waals surface area contributed by atoms with Crippen LogP contribution in [0, 0.1) is 13.8 Å². The highest BCUT2D eigenvalue weighted by Crippen LogP contribution is 2.45. The summed E-state index contributed by atoms with van der Waals surface area (Å²) in [6, 6.07) is 62.5. The number of rotatable bonds is 4. The molecule has 3 heterocycles. The number of amides is 2. The van der Waals surface area contributed by atoms with Gasteiger partial charge in [-0.05, 0) is 69.2 Å². The predicted octanol–water partition coefficient (Wildman–Crippen LogP) is 9.88. The van der Waals surface area contributed by atoms with E-state index < -0.39 is 0 Å². The zero-order valence-corrected chi connectivity index (χ0v) is 32.8. The summed E-state index contributed by atoms with van der Waals surface area (Å²) in [5.74, 6) is 6.41. The van der Waals surface area contributed by atoms with Gasteiger partial charge in [0.15, 0.2) is 0 Å². The summed E-state index contributed by atoms with van der Waals surface area (Å²) < 4.78 is 0. The minimum atomic E-state index is -0.134. The molecule has 0 N–H and O–H groups in total. The molecule has 0 atom stereocenters. The Morgan fingerprint density at radius 1 is 0.373 bits per heavy atom. The third-order valence-electron chi connectivity index (χ3n) is 12.9. The highest BCUT2D eigenvalue weighted by atomic mass is 16.2. The first kappa shape index (κ1) is 33.8. The summed E-state index contributed by atoms with van der Waals surface area (Å²) in [5, 5.41) is 9.07. The Labute approximate surface area is 344 Å². The Morgan fingerprint density at radius 3 is 1.20 bits per heavy atom. The lowest BCUT2D eigenvalue weighted by Gasteiger charge is -2.52. The molecule has 0 aromatic heterocycles. The van der Waals surface area contributed by atoms with E-state index in [9.17, 15) is 0 Å². The zero-order chi connectivity index (χ0) is 39.4. The molecule has 0 aliphatic carbocycles. The average Bonchev–Trinajstić information content (AvgIpc) is 3.28. The molecule has 3 aliphatic rings. The van der Waals surface area contributed by atoms with E-state index in [2.05, 4.69) is 207 Å². The number of fused-ring (bicyclic) bond motifs is 4. The largest absolute Gasteiger partial charge is 0.340 e. The van der Waals surface area contributed by atoms with Crippen molar-refractivity contribution in [3.8, 4) is 0 Å². The molecule has 0 saturated carbocycles. The molecule has 0 unspecified atom stereocenters. The zero-order valence-electron chi connectivity index (χ0n) is 32.8. The number of urea groups is 1. The van der Waals surface area contributed by atoms with Crippen molar-refractivity contribution in [2.75, 3.05) is 14.7 Å². The first-order valence-electron chi connectivity index (χ1n) is 20.5. The highest BCUT2D eigenvalue weighted by Gasteiger charge is 2.49. The van der Waals surface area contributed by atoms with Gasteiger partial charge in [0.05, 0.1) is 11.4 Å². The minimum Gasteiger partial charge on any atom is -0.284 e. The first-order valence-corrected chi connectivity index (χ1v) is 20.5. The van der Waals surface area contributed by atoms with Gasteiger partial charge in [-0.3, -0.25) is 4.90 Å². The molecule has 0 bridgehead atoms. The maximum absolute atomic E-state index is 16.2. The second kappa shape index (κ2) is 12.9. The monoisotopic (exact) mass is 753 g/mol. The fourth-order valence-electron chi connectivity index (χ4n) is 10.3. The summed E-state index contributed by atoms with van der Waals surface area (Å²) in [6.45, 7) is 4.19. The molecule has 9 aromatic carbocycles.